The molecule has 172 valence electrons. The predicted molar refractivity (Wildman–Crippen MR) is 140 cm³/mol. The topological polar surface area (TPSA) is 36.0 Å². The second-order valence-electron chi connectivity index (χ2n) is 9.29. The number of anilines is 2. The minimum absolute atomic E-state index is 0.0434. The molecule has 0 spiro atoms. The number of piperazine rings is 1. The van der Waals surface area contributed by atoms with Crippen LogP contribution in [-0.2, 0) is 21.6 Å². The molecule has 1 atom stereocenters. The van der Waals surface area contributed by atoms with Gasteiger partial charge in [0.1, 0.15) is 0 Å². The van der Waals surface area contributed by atoms with Gasteiger partial charge in [-0.05, 0) is 56.0 Å². The first kappa shape index (κ1) is 23.5. The fourth-order valence-corrected chi connectivity index (χ4v) is 5.39. The third-order valence-electron chi connectivity index (χ3n) is 7.04. The molecule has 4 rings (SSSR count). The fraction of sp³-hybridized carbons (Fsp3) is 0.500. The lowest BCUT2D eigenvalue weighted by Gasteiger charge is -2.36. The van der Waals surface area contributed by atoms with Crippen LogP contribution in [0.5, 0.6) is 0 Å². The second kappa shape index (κ2) is 10.1. The number of ether oxygens (including phenoxy) is 1. The van der Waals surface area contributed by atoms with E-state index in [0.717, 1.165) is 61.4 Å². The molecule has 2 aromatic carbocycles. The minimum Gasteiger partial charge on any atom is -0.374 e. The number of amides is 1. The summed E-state index contributed by atoms with van der Waals surface area (Å²) in [4.78, 5) is 20.2. The quantitative estimate of drug-likeness (QED) is 0.287. The molecule has 0 aliphatic carbocycles. The molecule has 0 radical (unpaired) electrons. The Bertz CT molecular complexity index is 923. The Balaban J connectivity index is 1.44. The molecule has 2 aliphatic heterocycles. The van der Waals surface area contributed by atoms with Crippen LogP contribution in [0.2, 0.25) is 0 Å². The van der Waals surface area contributed by atoms with Gasteiger partial charge in [0, 0.05) is 57.1 Å². The van der Waals surface area contributed by atoms with Crippen molar-refractivity contribution in [3.05, 3.63) is 59.7 Å². The molecule has 0 unspecified atom stereocenters. The maximum Gasteiger partial charge on any atom is 0.230 e. The number of rotatable bonds is 7. The Morgan fingerprint density at radius 3 is 2.34 bits per heavy atom. The summed E-state index contributed by atoms with van der Waals surface area (Å²) in [7, 11) is 1.73. The van der Waals surface area contributed by atoms with Gasteiger partial charge in [-0.1, -0.05) is 52.9 Å². The number of carbonyl (C=O) groups is 1. The molecule has 2 aliphatic rings. The van der Waals surface area contributed by atoms with Gasteiger partial charge in [-0.3, -0.25) is 9.69 Å². The molecule has 0 N–H and O–H groups in total. The SMILES string of the molecule is COC(C)(C)c1ccc(N2CC[C@H](Cc3ccccc3N3CCN(CI)CC3)C2=O)cc1. The van der Waals surface area contributed by atoms with Gasteiger partial charge < -0.3 is 14.5 Å². The third-order valence-corrected chi connectivity index (χ3v) is 8.01. The van der Waals surface area contributed by atoms with Gasteiger partial charge in [0.2, 0.25) is 5.91 Å². The van der Waals surface area contributed by atoms with Gasteiger partial charge in [0.15, 0.2) is 0 Å². The maximum atomic E-state index is 13.3. The first-order chi connectivity index (χ1) is 15.4. The van der Waals surface area contributed by atoms with E-state index < -0.39 is 0 Å². The highest BCUT2D eigenvalue weighted by atomic mass is 127. The Morgan fingerprint density at radius 1 is 1.00 bits per heavy atom. The number of carbonyl (C=O) groups excluding carboxylic acids is 1. The molecular weight excluding hydrogens is 513 g/mol. The summed E-state index contributed by atoms with van der Waals surface area (Å²) < 4.78 is 6.67. The number of benzene rings is 2. The van der Waals surface area contributed by atoms with Gasteiger partial charge >= 0.3 is 0 Å². The van der Waals surface area contributed by atoms with Crippen LogP contribution in [-0.4, -0.2) is 55.2 Å². The number of hydrogen-bond acceptors (Lipinski definition) is 4. The summed E-state index contributed by atoms with van der Waals surface area (Å²) in [5.74, 6) is 0.287. The zero-order chi connectivity index (χ0) is 22.7. The monoisotopic (exact) mass is 547 g/mol. The largest absolute Gasteiger partial charge is 0.374 e. The van der Waals surface area contributed by atoms with Crippen LogP contribution in [0.25, 0.3) is 0 Å². The molecule has 32 heavy (non-hydrogen) atoms. The van der Waals surface area contributed by atoms with Gasteiger partial charge in [0.25, 0.3) is 0 Å². The second-order valence-corrected chi connectivity index (χ2v) is 9.98. The smallest absolute Gasteiger partial charge is 0.230 e. The molecule has 2 aromatic rings. The van der Waals surface area contributed by atoms with E-state index in [1.165, 1.54) is 11.3 Å². The van der Waals surface area contributed by atoms with Crippen molar-refractivity contribution in [1.29, 1.82) is 0 Å². The third kappa shape index (κ3) is 4.97. The van der Waals surface area contributed by atoms with Crippen molar-refractivity contribution in [1.82, 2.24) is 4.90 Å². The van der Waals surface area contributed by atoms with Crippen LogP contribution in [0.3, 0.4) is 0 Å². The first-order valence-corrected chi connectivity index (χ1v) is 13.0. The zero-order valence-electron chi connectivity index (χ0n) is 19.4. The standard InChI is InChI=1S/C26H34IN3O2/c1-26(2,32-3)22-8-10-23(11-9-22)30-13-12-21(25(30)31)18-20-6-4-5-7-24(20)29-16-14-28(19-27)15-17-29/h4-11,21H,12-19H2,1-3H3/t21-/m1/s1. The van der Waals surface area contributed by atoms with Crippen molar-refractivity contribution in [3.63, 3.8) is 0 Å². The van der Waals surface area contributed by atoms with E-state index in [2.05, 4.69) is 94.8 Å². The van der Waals surface area contributed by atoms with Gasteiger partial charge in [-0.25, -0.2) is 0 Å². The van der Waals surface area contributed by atoms with Crippen LogP contribution >= 0.6 is 22.6 Å². The zero-order valence-corrected chi connectivity index (χ0v) is 21.5. The van der Waals surface area contributed by atoms with Gasteiger partial charge in [0.05, 0.1) is 10.2 Å². The van der Waals surface area contributed by atoms with Crippen molar-refractivity contribution >= 4 is 39.9 Å². The summed E-state index contributed by atoms with van der Waals surface area (Å²) in [5, 5.41) is 0. The average Bonchev–Trinajstić information content (AvgIpc) is 3.19. The summed E-state index contributed by atoms with van der Waals surface area (Å²) in [5.41, 5.74) is 4.37. The van der Waals surface area contributed by atoms with E-state index >= 15 is 0 Å². The van der Waals surface area contributed by atoms with Crippen LogP contribution in [0, 0.1) is 5.92 Å². The number of halogens is 1. The van der Waals surface area contributed by atoms with Crippen molar-refractivity contribution in [2.24, 2.45) is 5.92 Å². The van der Waals surface area contributed by atoms with Crippen molar-refractivity contribution in [3.8, 4) is 0 Å². The molecule has 2 fully saturated rings. The van der Waals surface area contributed by atoms with Crippen LogP contribution in [0.1, 0.15) is 31.4 Å². The highest BCUT2D eigenvalue weighted by Crippen LogP contribution is 2.32. The van der Waals surface area contributed by atoms with Crippen LogP contribution < -0.4 is 9.80 Å². The lowest BCUT2D eigenvalue weighted by atomic mass is 9.96. The Labute approximate surface area is 205 Å². The van der Waals surface area contributed by atoms with Crippen molar-refractivity contribution < 1.29 is 9.53 Å². The summed E-state index contributed by atoms with van der Waals surface area (Å²) in [6.45, 7) is 9.19. The molecule has 2 saturated heterocycles. The van der Waals surface area contributed by atoms with E-state index in [0.29, 0.717) is 0 Å². The Hall–Kier alpha value is -1.64. The van der Waals surface area contributed by atoms with Gasteiger partial charge in [-0.15, -0.1) is 0 Å². The molecule has 0 aromatic heterocycles. The molecule has 6 heteroatoms. The summed E-state index contributed by atoms with van der Waals surface area (Å²) in [6, 6.07) is 16.9. The number of para-hydroxylation sites is 1. The number of hydrogen-bond donors (Lipinski definition) is 0. The highest BCUT2D eigenvalue weighted by molar-refractivity contribution is 14.1. The molecule has 0 bridgehead atoms. The van der Waals surface area contributed by atoms with Crippen molar-refractivity contribution in [2.45, 2.75) is 32.3 Å². The highest BCUT2D eigenvalue weighted by Gasteiger charge is 2.33. The van der Waals surface area contributed by atoms with E-state index in [4.69, 9.17) is 4.74 Å². The molecule has 0 saturated carbocycles. The summed E-state index contributed by atoms with van der Waals surface area (Å²) in [6.07, 6.45) is 1.72. The first-order valence-electron chi connectivity index (χ1n) is 11.5. The van der Waals surface area contributed by atoms with Crippen LogP contribution in [0.4, 0.5) is 11.4 Å². The van der Waals surface area contributed by atoms with Crippen molar-refractivity contribution in [2.75, 3.05) is 54.2 Å². The van der Waals surface area contributed by atoms with E-state index in [9.17, 15) is 4.79 Å². The Morgan fingerprint density at radius 2 is 1.69 bits per heavy atom. The molecular formula is C26H34IN3O2. The number of nitrogens with zero attached hydrogens (tertiary/aromatic N) is 3. The summed E-state index contributed by atoms with van der Waals surface area (Å²) >= 11 is 2.44. The molecule has 2 heterocycles. The minimum atomic E-state index is -0.331. The van der Waals surface area contributed by atoms with Crippen LogP contribution in [0.15, 0.2) is 48.5 Å². The molecule has 1 amide bonds. The maximum absolute atomic E-state index is 13.3. The fourth-order valence-electron chi connectivity index (χ4n) is 4.71. The lowest BCUT2D eigenvalue weighted by Crippen LogP contribution is -2.46. The number of alkyl halides is 1. The van der Waals surface area contributed by atoms with E-state index in [1.807, 2.05) is 4.90 Å². The normalized spacial score (nSPS) is 20.2. The predicted octanol–water partition coefficient (Wildman–Crippen LogP) is 4.68. The van der Waals surface area contributed by atoms with Gasteiger partial charge in [-0.2, -0.15) is 0 Å². The van der Waals surface area contributed by atoms with E-state index in [1.54, 1.807) is 7.11 Å². The average molecular weight is 547 g/mol. The number of methoxy groups -OCH3 is 1. The Kier molecular flexibility index (Phi) is 7.42. The van der Waals surface area contributed by atoms with E-state index in [-0.39, 0.29) is 17.4 Å². The molecule has 5 nitrogen and oxygen atoms in total. The lowest BCUT2D eigenvalue weighted by molar-refractivity contribution is -0.120.